The van der Waals surface area contributed by atoms with Gasteiger partial charge in [0.1, 0.15) is 0 Å². The molecule has 0 aromatic heterocycles. The molecule has 94 valence electrons. The van der Waals surface area contributed by atoms with Gasteiger partial charge < -0.3 is 10.2 Å². The van der Waals surface area contributed by atoms with Crippen LogP contribution in [0, 0.1) is 0 Å². The highest BCUT2D eigenvalue weighted by atomic mass is 16.2. The quantitative estimate of drug-likeness (QED) is 0.471. The van der Waals surface area contributed by atoms with Gasteiger partial charge in [-0.25, -0.2) is 0 Å². The molecule has 3 N–H and O–H groups in total. The minimum atomic E-state index is -0.561. The van der Waals surface area contributed by atoms with Crippen LogP contribution in [0.1, 0.15) is 6.42 Å². The van der Waals surface area contributed by atoms with Crippen molar-refractivity contribution in [2.24, 2.45) is 0 Å². The molecule has 17 heavy (non-hydrogen) atoms. The molecule has 1 atom stereocenters. The number of hydrogen-bond donors (Lipinski definition) is 3. The highest BCUT2D eigenvalue weighted by Crippen LogP contribution is 2.01. The van der Waals surface area contributed by atoms with Gasteiger partial charge in [0.15, 0.2) is 0 Å². The minimum Gasteiger partial charge on any atom is -0.339 e. The first-order valence-electron chi connectivity index (χ1n) is 5.72. The fourth-order valence-corrected chi connectivity index (χ4v) is 1.96. The zero-order valence-electron chi connectivity index (χ0n) is 9.49. The molecule has 2 fully saturated rings. The van der Waals surface area contributed by atoms with Crippen LogP contribution in [-0.2, 0) is 14.4 Å². The smallest absolute Gasteiger partial charge is 0.244 e. The van der Waals surface area contributed by atoms with Crippen molar-refractivity contribution in [3.05, 3.63) is 0 Å². The Hall–Kier alpha value is -1.47. The van der Waals surface area contributed by atoms with Crippen molar-refractivity contribution in [2.45, 2.75) is 12.5 Å². The summed E-state index contributed by atoms with van der Waals surface area (Å²) in [7, 11) is 0. The maximum absolute atomic E-state index is 11.8. The van der Waals surface area contributed by atoms with Crippen LogP contribution in [0.4, 0.5) is 0 Å². The van der Waals surface area contributed by atoms with Crippen LogP contribution in [0.25, 0.3) is 0 Å². The molecule has 2 rings (SSSR count). The van der Waals surface area contributed by atoms with E-state index in [1.807, 2.05) is 0 Å². The van der Waals surface area contributed by atoms with E-state index in [1.54, 1.807) is 4.90 Å². The fourth-order valence-electron chi connectivity index (χ4n) is 1.96. The van der Waals surface area contributed by atoms with E-state index in [0.717, 1.165) is 13.1 Å². The zero-order chi connectivity index (χ0) is 12.3. The lowest BCUT2D eigenvalue weighted by Gasteiger charge is -2.27. The second-order valence-corrected chi connectivity index (χ2v) is 4.18. The molecule has 2 aliphatic rings. The van der Waals surface area contributed by atoms with E-state index < -0.39 is 6.04 Å². The van der Waals surface area contributed by atoms with Crippen LogP contribution in [0.2, 0.25) is 0 Å². The van der Waals surface area contributed by atoms with Crippen LogP contribution < -0.4 is 16.0 Å². The number of carbonyl (C=O) groups is 3. The van der Waals surface area contributed by atoms with Crippen LogP contribution in [0.3, 0.4) is 0 Å². The molecule has 7 heteroatoms. The van der Waals surface area contributed by atoms with Crippen molar-refractivity contribution in [3.63, 3.8) is 0 Å². The van der Waals surface area contributed by atoms with Gasteiger partial charge >= 0.3 is 0 Å². The van der Waals surface area contributed by atoms with E-state index in [2.05, 4.69) is 16.0 Å². The van der Waals surface area contributed by atoms with Crippen molar-refractivity contribution < 1.29 is 14.4 Å². The lowest BCUT2D eigenvalue weighted by atomic mass is 10.2. The van der Waals surface area contributed by atoms with E-state index in [0.29, 0.717) is 13.1 Å². The van der Waals surface area contributed by atoms with Gasteiger partial charge in [-0.1, -0.05) is 0 Å². The maximum atomic E-state index is 11.8. The summed E-state index contributed by atoms with van der Waals surface area (Å²) in [4.78, 5) is 35.7. The number of hydrogen-bond acceptors (Lipinski definition) is 5. The number of nitrogens with zero attached hydrogens (tertiary/aromatic N) is 1. The molecular weight excluding hydrogens is 224 g/mol. The normalized spacial score (nSPS) is 24.9. The Morgan fingerprint density at radius 1 is 1.35 bits per heavy atom. The monoisotopic (exact) mass is 240 g/mol. The summed E-state index contributed by atoms with van der Waals surface area (Å²) in [5.74, 6) is -0.663. The maximum Gasteiger partial charge on any atom is 0.244 e. The Labute approximate surface area is 98.9 Å². The van der Waals surface area contributed by atoms with Crippen LogP contribution in [0.15, 0.2) is 0 Å². The second kappa shape index (κ2) is 5.24. The van der Waals surface area contributed by atoms with Gasteiger partial charge in [0, 0.05) is 26.2 Å². The summed E-state index contributed by atoms with van der Waals surface area (Å²) < 4.78 is 0. The van der Waals surface area contributed by atoms with Gasteiger partial charge in [-0.2, -0.15) is 0 Å². The highest BCUT2D eigenvalue weighted by molar-refractivity contribution is 6.05. The van der Waals surface area contributed by atoms with Gasteiger partial charge in [-0.05, 0) is 0 Å². The fraction of sp³-hybridized carbons (Fsp3) is 0.700. The van der Waals surface area contributed by atoms with Crippen molar-refractivity contribution in [1.82, 2.24) is 20.9 Å². The average molecular weight is 240 g/mol. The number of rotatable bonds is 3. The first-order valence-corrected chi connectivity index (χ1v) is 5.72. The Kier molecular flexibility index (Phi) is 3.70. The molecule has 2 saturated heterocycles. The van der Waals surface area contributed by atoms with Gasteiger partial charge in [0.2, 0.25) is 17.7 Å². The Balaban J connectivity index is 1.75. The molecule has 0 radical (unpaired) electrons. The third kappa shape index (κ3) is 3.01. The number of imide groups is 1. The molecule has 0 saturated carbocycles. The van der Waals surface area contributed by atoms with Crippen LogP contribution in [0.5, 0.6) is 0 Å². The molecule has 0 aromatic carbocycles. The number of nitrogens with one attached hydrogen (secondary N) is 3. The van der Waals surface area contributed by atoms with Gasteiger partial charge in [-0.3, -0.25) is 25.0 Å². The number of carbonyl (C=O) groups excluding carboxylic acids is 3. The summed E-state index contributed by atoms with van der Waals surface area (Å²) in [5.41, 5.74) is 0. The van der Waals surface area contributed by atoms with E-state index in [-0.39, 0.29) is 30.7 Å². The van der Waals surface area contributed by atoms with E-state index in [1.165, 1.54) is 0 Å². The summed E-state index contributed by atoms with van der Waals surface area (Å²) in [6, 6.07) is -0.561. The molecule has 7 nitrogen and oxygen atoms in total. The largest absolute Gasteiger partial charge is 0.339 e. The first kappa shape index (κ1) is 12.0. The number of amides is 3. The zero-order valence-corrected chi connectivity index (χ0v) is 9.49. The number of piperazine rings is 1. The SMILES string of the molecule is O=C1CC(NCC(=O)N2CCNCC2)C(=O)N1. The molecule has 0 aliphatic carbocycles. The summed E-state index contributed by atoms with van der Waals surface area (Å²) >= 11 is 0. The van der Waals surface area contributed by atoms with E-state index in [9.17, 15) is 14.4 Å². The third-order valence-corrected chi connectivity index (χ3v) is 2.94. The molecule has 0 spiro atoms. The highest BCUT2D eigenvalue weighted by Gasteiger charge is 2.30. The standard InChI is InChI=1S/C10H16N4O3/c15-8-5-7(10(17)13-8)12-6-9(16)14-3-1-11-2-4-14/h7,11-12H,1-6H2,(H,13,15,17). The average Bonchev–Trinajstić information content (AvgIpc) is 2.66. The molecule has 1 unspecified atom stereocenters. The van der Waals surface area contributed by atoms with Gasteiger partial charge in [0.05, 0.1) is 19.0 Å². The van der Waals surface area contributed by atoms with Crippen molar-refractivity contribution in [2.75, 3.05) is 32.7 Å². The molecule has 2 heterocycles. The first-order chi connectivity index (χ1) is 8.16. The van der Waals surface area contributed by atoms with Crippen molar-refractivity contribution >= 4 is 17.7 Å². The Bertz CT molecular complexity index is 338. The van der Waals surface area contributed by atoms with Gasteiger partial charge in [0.25, 0.3) is 0 Å². The lowest BCUT2D eigenvalue weighted by Crippen LogP contribution is -2.50. The topological polar surface area (TPSA) is 90.5 Å². The predicted octanol–water partition coefficient (Wildman–Crippen LogP) is -2.58. The van der Waals surface area contributed by atoms with Crippen LogP contribution in [-0.4, -0.2) is 61.4 Å². The molecule has 3 amide bonds. The van der Waals surface area contributed by atoms with Gasteiger partial charge in [-0.15, -0.1) is 0 Å². The predicted molar refractivity (Wildman–Crippen MR) is 59.0 cm³/mol. The summed E-state index contributed by atoms with van der Waals surface area (Å²) in [6.45, 7) is 3.08. The third-order valence-electron chi connectivity index (χ3n) is 2.94. The second-order valence-electron chi connectivity index (χ2n) is 4.18. The van der Waals surface area contributed by atoms with Crippen molar-refractivity contribution in [3.8, 4) is 0 Å². The minimum absolute atomic E-state index is 0.0290. The summed E-state index contributed by atoms with van der Waals surface area (Å²) in [6.07, 6.45) is 0.119. The van der Waals surface area contributed by atoms with Crippen LogP contribution >= 0.6 is 0 Å². The van der Waals surface area contributed by atoms with Crippen molar-refractivity contribution in [1.29, 1.82) is 0 Å². The van der Waals surface area contributed by atoms with E-state index >= 15 is 0 Å². The Morgan fingerprint density at radius 2 is 2.06 bits per heavy atom. The summed E-state index contributed by atoms with van der Waals surface area (Å²) in [5, 5.41) is 8.17. The lowest BCUT2D eigenvalue weighted by molar-refractivity contribution is -0.131. The molecular formula is C10H16N4O3. The Morgan fingerprint density at radius 3 is 2.65 bits per heavy atom. The molecule has 0 aromatic rings. The van der Waals surface area contributed by atoms with E-state index in [4.69, 9.17) is 0 Å². The molecule has 0 bridgehead atoms. The molecule has 2 aliphatic heterocycles.